The van der Waals surface area contributed by atoms with Gasteiger partial charge in [-0.25, -0.2) is 4.99 Å². The summed E-state index contributed by atoms with van der Waals surface area (Å²) in [4.78, 5) is 5.92. The molecule has 0 bridgehead atoms. The lowest BCUT2D eigenvalue weighted by molar-refractivity contribution is 0.104. The molecule has 0 saturated heterocycles. The van der Waals surface area contributed by atoms with E-state index in [2.05, 4.69) is 42.3 Å². The maximum absolute atomic E-state index is 5.60. The Hall–Kier alpha value is -1.30. The second kappa shape index (κ2) is 7.07. The predicted octanol–water partition coefficient (Wildman–Crippen LogP) is 2.82. The van der Waals surface area contributed by atoms with Crippen LogP contribution in [0.3, 0.4) is 0 Å². The van der Waals surface area contributed by atoms with Gasteiger partial charge >= 0.3 is 0 Å². The van der Waals surface area contributed by atoms with Gasteiger partial charge in [-0.15, -0.1) is 12.6 Å². The molecule has 23 heavy (non-hydrogen) atoms. The first-order valence-electron chi connectivity index (χ1n) is 8.19. The Balaban J connectivity index is 1.97. The van der Waals surface area contributed by atoms with Crippen molar-refractivity contribution in [3.8, 4) is 0 Å². The zero-order valence-electron chi connectivity index (χ0n) is 14.0. The zero-order chi connectivity index (χ0) is 16.4. The molecule has 0 spiro atoms. The molecule has 0 amide bonds. The molecule has 3 rings (SSSR count). The second-order valence-corrected chi connectivity index (χ2v) is 6.84. The molecule has 1 aliphatic carbocycles. The number of nitrogens with zero attached hydrogens (tertiary/aromatic N) is 1. The Morgan fingerprint density at radius 1 is 1.30 bits per heavy atom. The molecule has 1 aromatic carbocycles. The molecule has 1 aliphatic heterocycles. The molecular weight excluding hydrogens is 306 g/mol. The first-order valence-corrected chi connectivity index (χ1v) is 8.63. The van der Waals surface area contributed by atoms with Crippen LogP contribution >= 0.6 is 12.6 Å². The standard InChI is InChI=1S/C18H25N3OS/c1-11-4-9-14(11)16-17(18(19-2)22-3)21-15(10-20-16)12-5-7-13(23)8-6-12/h5-8,11,14,18-20,23H,4,9-10H2,1-3H3. The summed E-state index contributed by atoms with van der Waals surface area (Å²) in [5.41, 5.74) is 4.41. The van der Waals surface area contributed by atoms with Crippen LogP contribution in [0.5, 0.6) is 0 Å². The maximum atomic E-state index is 5.60. The van der Waals surface area contributed by atoms with Crippen LogP contribution in [-0.2, 0) is 4.74 Å². The number of ether oxygens (including phenoxy) is 1. The highest BCUT2D eigenvalue weighted by Crippen LogP contribution is 2.40. The normalized spacial score (nSPS) is 25.5. The van der Waals surface area contributed by atoms with E-state index in [9.17, 15) is 0 Å². The lowest BCUT2D eigenvalue weighted by atomic mass is 9.72. The lowest BCUT2D eigenvalue weighted by Crippen LogP contribution is -2.42. The monoisotopic (exact) mass is 331 g/mol. The van der Waals surface area contributed by atoms with Crippen molar-refractivity contribution >= 4 is 18.3 Å². The molecule has 0 radical (unpaired) electrons. The highest BCUT2D eigenvalue weighted by Gasteiger charge is 2.35. The Kier molecular flexibility index (Phi) is 5.09. The second-order valence-electron chi connectivity index (χ2n) is 6.32. The summed E-state index contributed by atoms with van der Waals surface area (Å²) in [5.74, 6) is 1.28. The number of rotatable bonds is 5. The summed E-state index contributed by atoms with van der Waals surface area (Å²) in [7, 11) is 3.62. The molecule has 2 N–H and O–H groups in total. The van der Waals surface area contributed by atoms with E-state index in [0.717, 1.165) is 28.4 Å². The van der Waals surface area contributed by atoms with Crippen LogP contribution in [0.2, 0.25) is 0 Å². The molecule has 5 heteroatoms. The van der Waals surface area contributed by atoms with Gasteiger partial charge in [0.15, 0.2) is 6.23 Å². The van der Waals surface area contributed by atoms with Crippen LogP contribution in [0.15, 0.2) is 45.5 Å². The number of nitrogens with one attached hydrogen (secondary N) is 2. The van der Waals surface area contributed by atoms with Crippen LogP contribution in [0.25, 0.3) is 0 Å². The number of allylic oxidation sites excluding steroid dienone is 1. The number of aliphatic imine (C=N–C) groups is 1. The summed E-state index contributed by atoms with van der Waals surface area (Å²) >= 11 is 4.35. The number of likely N-dealkylation sites (N-methyl/N-ethyl adjacent to an activating group) is 1. The summed E-state index contributed by atoms with van der Waals surface area (Å²) in [6, 6.07) is 8.14. The summed E-state index contributed by atoms with van der Waals surface area (Å²) in [5, 5.41) is 6.83. The summed E-state index contributed by atoms with van der Waals surface area (Å²) < 4.78 is 5.60. The Morgan fingerprint density at radius 2 is 2.04 bits per heavy atom. The van der Waals surface area contributed by atoms with Gasteiger partial charge in [0.2, 0.25) is 0 Å². The number of methoxy groups -OCH3 is 1. The van der Waals surface area contributed by atoms with Gasteiger partial charge in [0, 0.05) is 23.6 Å². The fourth-order valence-electron chi connectivity index (χ4n) is 3.32. The van der Waals surface area contributed by atoms with Gasteiger partial charge in [0.25, 0.3) is 0 Å². The van der Waals surface area contributed by atoms with Gasteiger partial charge < -0.3 is 10.1 Å². The molecular formula is C18H25N3OS. The molecule has 4 nitrogen and oxygen atoms in total. The third-order valence-corrected chi connectivity index (χ3v) is 5.21. The Morgan fingerprint density at radius 3 is 2.57 bits per heavy atom. The third-order valence-electron chi connectivity index (χ3n) is 4.92. The number of hydrogen-bond acceptors (Lipinski definition) is 5. The average Bonchev–Trinajstić information content (AvgIpc) is 2.56. The largest absolute Gasteiger partial charge is 0.381 e. The highest BCUT2D eigenvalue weighted by atomic mass is 32.1. The average molecular weight is 331 g/mol. The van der Waals surface area contributed by atoms with E-state index < -0.39 is 0 Å². The van der Waals surface area contributed by atoms with Crippen molar-refractivity contribution in [1.82, 2.24) is 10.6 Å². The third kappa shape index (κ3) is 3.32. The maximum Gasteiger partial charge on any atom is 0.152 e. The molecule has 3 atom stereocenters. The van der Waals surface area contributed by atoms with Crippen molar-refractivity contribution in [2.75, 3.05) is 20.7 Å². The van der Waals surface area contributed by atoms with Crippen molar-refractivity contribution in [3.05, 3.63) is 41.2 Å². The zero-order valence-corrected chi connectivity index (χ0v) is 14.9. The molecule has 1 heterocycles. The highest BCUT2D eigenvalue weighted by molar-refractivity contribution is 7.80. The van der Waals surface area contributed by atoms with E-state index in [0.29, 0.717) is 11.8 Å². The van der Waals surface area contributed by atoms with Gasteiger partial charge in [-0.3, -0.25) is 5.32 Å². The molecule has 1 aromatic rings. The van der Waals surface area contributed by atoms with Crippen molar-refractivity contribution in [2.45, 2.75) is 30.9 Å². The summed E-state index contributed by atoms with van der Waals surface area (Å²) in [6.45, 7) is 3.07. The first kappa shape index (κ1) is 16.6. The minimum absolute atomic E-state index is 0.190. The quantitative estimate of drug-likeness (QED) is 0.574. The Bertz CT molecular complexity index is 620. The number of hydrogen-bond donors (Lipinski definition) is 3. The SMILES string of the molecule is CNC(OC)C1=C(C2CCC2C)NCC(c2ccc(S)cc2)=N1. The van der Waals surface area contributed by atoms with E-state index in [1.54, 1.807) is 7.11 Å². The topological polar surface area (TPSA) is 45.6 Å². The smallest absolute Gasteiger partial charge is 0.152 e. The van der Waals surface area contributed by atoms with Crippen LogP contribution in [-0.4, -0.2) is 32.6 Å². The van der Waals surface area contributed by atoms with Crippen molar-refractivity contribution < 1.29 is 4.74 Å². The molecule has 124 valence electrons. The number of thiol groups is 1. The van der Waals surface area contributed by atoms with Gasteiger partial charge in [0.05, 0.1) is 12.3 Å². The van der Waals surface area contributed by atoms with Crippen molar-refractivity contribution in [2.24, 2.45) is 16.8 Å². The van der Waals surface area contributed by atoms with E-state index in [1.165, 1.54) is 18.5 Å². The molecule has 2 aliphatic rings. The molecule has 1 saturated carbocycles. The number of benzene rings is 1. The van der Waals surface area contributed by atoms with E-state index in [1.807, 2.05) is 19.2 Å². The fourth-order valence-corrected chi connectivity index (χ4v) is 3.47. The Labute approximate surface area is 143 Å². The molecule has 0 aromatic heterocycles. The van der Waals surface area contributed by atoms with Gasteiger partial charge in [-0.2, -0.15) is 0 Å². The fraction of sp³-hybridized carbons (Fsp3) is 0.500. The van der Waals surface area contributed by atoms with Crippen molar-refractivity contribution in [1.29, 1.82) is 0 Å². The van der Waals surface area contributed by atoms with Crippen molar-refractivity contribution in [3.63, 3.8) is 0 Å². The van der Waals surface area contributed by atoms with Crippen LogP contribution < -0.4 is 10.6 Å². The van der Waals surface area contributed by atoms with E-state index in [-0.39, 0.29) is 6.23 Å². The minimum Gasteiger partial charge on any atom is -0.381 e. The molecule has 1 fully saturated rings. The molecule has 3 unspecified atom stereocenters. The van der Waals surface area contributed by atoms with Gasteiger partial charge in [0.1, 0.15) is 5.70 Å². The first-order chi connectivity index (χ1) is 11.1. The van der Waals surface area contributed by atoms with E-state index in [4.69, 9.17) is 9.73 Å². The van der Waals surface area contributed by atoms with Crippen LogP contribution in [0.4, 0.5) is 0 Å². The predicted molar refractivity (Wildman–Crippen MR) is 97.0 cm³/mol. The van der Waals surface area contributed by atoms with Crippen LogP contribution in [0.1, 0.15) is 25.3 Å². The summed E-state index contributed by atoms with van der Waals surface area (Å²) in [6.07, 6.45) is 2.33. The van der Waals surface area contributed by atoms with Crippen LogP contribution in [0, 0.1) is 11.8 Å². The van der Waals surface area contributed by atoms with Gasteiger partial charge in [-0.05, 0) is 43.5 Å². The van der Waals surface area contributed by atoms with E-state index >= 15 is 0 Å². The van der Waals surface area contributed by atoms with Gasteiger partial charge in [-0.1, -0.05) is 19.1 Å². The minimum atomic E-state index is -0.190. The lowest BCUT2D eigenvalue weighted by Gasteiger charge is -2.39.